The minimum atomic E-state index is -1.10. The average molecular weight is 386 g/mol. The number of benzene rings is 1. The summed E-state index contributed by atoms with van der Waals surface area (Å²) in [6.07, 6.45) is 3.99. The Morgan fingerprint density at radius 2 is 1.79 bits per heavy atom. The molecule has 150 valence electrons. The van der Waals surface area contributed by atoms with Gasteiger partial charge in [-0.3, -0.25) is 19.3 Å². The van der Waals surface area contributed by atoms with E-state index in [9.17, 15) is 19.2 Å². The molecule has 0 radical (unpaired) electrons. The predicted octanol–water partition coefficient (Wildman–Crippen LogP) is 2.22. The first-order valence-electron chi connectivity index (χ1n) is 9.72. The lowest BCUT2D eigenvalue weighted by Gasteiger charge is -2.27. The molecule has 7 heteroatoms. The van der Waals surface area contributed by atoms with Crippen LogP contribution in [0.3, 0.4) is 0 Å². The van der Waals surface area contributed by atoms with Gasteiger partial charge in [-0.25, -0.2) is 4.79 Å². The van der Waals surface area contributed by atoms with E-state index in [2.05, 4.69) is 12.2 Å². The molecule has 1 heterocycles. The average Bonchev–Trinajstić information content (AvgIpc) is 2.91. The molecule has 0 bridgehead atoms. The molecule has 1 saturated carbocycles. The number of esters is 1. The van der Waals surface area contributed by atoms with Gasteiger partial charge in [-0.05, 0) is 57.6 Å². The van der Waals surface area contributed by atoms with E-state index in [4.69, 9.17) is 4.74 Å². The summed E-state index contributed by atoms with van der Waals surface area (Å²) in [7, 11) is 0. The summed E-state index contributed by atoms with van der Waals surface area (Å²) in [4.78, 5) is 50.3. The molecule has 3 amide bonds. The highest BCUT2D eigenvalue weighted by Gasteiger charge is 2.41. The number of carbonyl (C=O) groups excluding carboxylic acids is 4. The fraction of sp³-hybridized carbons (Fsp3) is 0.524. The maximum absolute atomic E-state index is 12.6. The monoisotopic (exact) mass is 386 g/mol. The number of carbonyl (C=O) groups is 4. The summed E-state index contributed by atoms with van der Waals surface area (Å²) >= 11 is 0. The number of aryl methyl sites for hydroxylation is 1. The van der Waals surface area contributed by atoms with Gasteiger partial charge in [0.15, 0.2) is 6.61 Å². The Balaban J connectivity index is 1.54. The van der Waals surface area contributed by atoms with Crippen LogP contribution in [-0.2, 0) is 14.3 Å². The van der Waals surface area contributed by atoms with Crippen molar-refractivity contribution >= 4 is 23.7 Å². The van der Waals surface area contributed by atoms with E-state index in [0.717, 1.165) is 36.1 Å². The molecule has 1 fully saturated rings. The lowest BCUT2D eigenvalue weighted by Crippen LogP contribution is -2.45. The van der Waals surface area contributed by atoms with Crippen LogP contribution in [0.15, 0.2) is 18.2 Å². The first kappa shape index (κ1) is 20.0. The van der Waals surface area contributed by atoms with Crippen molar-refractivity contribution < 1.29 is 23.9 Å². The van der Waals surface area contributed by atoms with E-state index in [1.165, 1.54) is 6.92 Å². The zero-order valence-corrected chi connectivity index (χ0v) is 16.5. The second kappa shape index (κ2) is 8.12. The van der Waals surface area contributed by atoms with E-state index in [-0.39, 0.29) is 23.1 Å². The fourth-order valence-corrected chi connectivity index (χ4v) is 3.76. The lowest BCUT2D eigenvalue weighted by atomic mass is 9.87. The van der Waals surface area contributed by atoms with E-state index < -0.39 is 30.4 Å². The summed E-state index contributed by atoms with van der Waals surface area (Å²) in [6.45, 7) is 5.03. The third-order valence-corrected chi connectivity index (χ3v) is 5.53. The van der Waals surface area contributed by atoms with Gasteiger partial charge in [-0.1, -0.05) is 18.6 Å². The molecule has 7 nitrogen and oxygen atoms in total. The Hall–Kier alpha value is -2.70. The summed E-state index contributed by atoms with van der Waals surface area (Å²) in [5.41, 5.74) is 1.42. The smallest absolute Gasteiger partial charge is 0.329 e. The van der Waals surface area contributed by atoms with Crippen molar-refractivity contribution in [2.75, 3.05) is 6.61 Å². The van der Waals surface area contributed by atoms with Gasteiger partial charge in [0.05, 0.1) is 11.1 Å². The maximum Gasteiger partial charge on any atom is 0.329 e. The Labute approximate surface area is 164 Å². The van der Waals surface area contributed by atoms with Gasteiger partial charge < -0.3 is 10.1 Å². The number of fused-ring (bicyclic) bond motifs is 1. The van der Waals surface area contributed by atoms with Crippen LogP contribution in [0.5, 0.6) is 0 Å². The van der Waals surface area contributed by atoms with Crippen molar-refractivity contribution in [1.82, 2.24) is 10.2 Å². The maximum atomic E-state index is 12.6. The minimum absolute atomic E-state index is 0.110. The molecule has 1 aliphatic carbocycles. The van der Waals surface area contributed by atoms with Crippen molar-refractivity contribution in [3.05, 3.63) is 34.9 Å². The topological polar surface area (TPSA) is 92.8 Å². The summed E-state index contributed by atoms with van der Waals surface area (Å²) < 4.78 is 5.06. The molecule has 0 saturated heterocycles. The van der Waals surface area contributed by atoms with Crippen molar-refractivity contribution in [2.45, 2.75) is 58.5 Å². The molecule has 28 heavy (non-hydrogen) atoms. The van der Waals surface area contributed by atoms with Crippen LogP contribution in [0, 0.1) is 12.8 Å². The van der Waals surface area contributed by atoms with E-state index >= 15 is 0 Å². The van der Waals surface area contributed by atoms with Crippen LogP contribution >= 0.6 is 0 Å². The van der Waals surface area contributed by atoms with Crippen LogP contribution in [0.1, 0.15) is 65.8 Å². The van der Waals surface area contributed by atoms with Crippen LogP contribution in [-0.4, -0.2) is 47.3 Å². The Kier molecular flexibility index (Phi) is 5.82. The molecule has 1 aromatic carbocycles. The van der Waals surface area contributed by atoms with Crippen LogP contribution in [0.2, 0.25) is 0 Å². The minimum Gasteiger partial charge on any atom is -0.454 e. The summed E-state index contributed by atoms with van der Waals surface area (Å²) in [5, 5.41) is 2.88. The van der Waals surface area contributed by atoms with Crippen molar-refractivity contribution in [3.8, 4) is 0 Å². The molecular weight excluding hydrogens is 360 g/mol. The van der Waals surface area contributed by atoms with Gasteiger partial charge in [-0.2, -0.15) is 0 Å². The number of nitrogens with zero attached hydrogens (tertiary/aromatic N) is 1. The fourth-order valence-electron chi connectivity index (χ4n) is 3.76. The molecule has 1 N–H and O–H groups in total. The highest BCUT2D eigenvalue weighted by Crippen LogP contribution is 2.26. The van der Waals surface area contributed by atoms with E-state index in [1.807, 2.05) is 6.92 Å². The normalized spacial score (nSPS) is 22.6. The molecule has 0 aromatic heterocycles. The number of imide groups is 1. The number of hydrogen-bond donors (Lipinski definition) is 1. The highest BCUT2D eigenvalue weighted by atomic mass is 16.5. The molecule has 1 atom stereocenters. The molecule has 1 unspecified atom stereocenters. The number of ether oxygens (including phenoxy) is 1. The number of rotatable bonds is 5. The summed E-state index contributed by atoms with van der Waals surface area (Å²) in [5.74, 6) is -1.51. The molecule has 2 aliphatic rings. The van der Waals surface area contributed by atoms with Crippen molar-refractivity contribution in [1.29, 1.82) is 0 Å². The molecule has 0 spiro atoms. The lowest BCUT2D eigenvalue weighted by molar-refractivity contribution is -0.152. The number of nitrogens with one attached hydrogen (secondary N) is 1. The zero-order valence-electron chi connectivity index (χ0n) is 16.5. The van der Waals surface area contributed by atoms with Gasteiger partial charge in [0.25, 0.3) is 17.7 Å². The molecule has 1 aromatic rings. The van der Waals surface area contributed by atoms with Crippen LogP contribution in [0.25, 0.3) is 0 Å². The van der Waals surface area contributed by atoms with Gasteiger partial charge in [-0.15, -0.1) is 0 Å². The van der Waals surface area contributed by atoms with Gasteiger partial charge in [0.2, 0.25) is 0 Å². The van der Waals surface area contributed by atoms with Crippen molar-refractivity contribution in [3.63, 3.8) is 0 Å². The molecule has 3 rings (SSSR count). The summed E-state index contributed by atoms with van der Waals surface area (Å²) in [6, 6.07) is 3.97. The van der Waals surface area contributed by atoms with Crippen LogP contribution < -0.4 is 5.32 Å². The standard InChI is InChI=1S/C21H26N2O5/c1-12-4-7-15(8-5-12)22-18(24)11-28-21(27)14(3)23-19(25)16-9-6-13(2)10-17(16)20(23)26/h6,9-10,12,14-15H,4-5,7-8,11H2,1-3H3,(H,22,24). The highest BCUT2D eigenvalue weighted by molar-refractivity contribution is 6.22. The predicted molar refractivity (Wildman–Crippen MR) is 102 cm³/mol. The first-order valence-corrected chi connectivity index (χ1v) is 9.72. The van der Waals surface area contributed by atoms with E-state index in [0.29, 0.717) is 5.92 Å². The zero-order chi connectivity index (χ0) is 20.4. The van der Waals surface area contributed by atoms with E-state index in [1.54, 1.807) is 18.2 Å². The second-order valence-electron chi connectivity index (χ2n) is 7.84. The Morgan fingerprint density at radius 1 is 1.14 bits per heavy atom. The quantitative estimate of drug-likeness (QED) is 0.619. The first-order chi connectivity index (χ1) is 13.3. The van der Waals surface area contributed by atoms with Crippen LogP contribution in [0.4, 0.5) is 0 Å². The van der Waals surface area contributed by atoms with Crippen molar-refractivity contribution in [2.24, 2.45) is 5.92 Å². The SMILES string of the molecule is Cc1ccc2c(c1)C(=O)N(C(C)C(=O)OCC(=O)NC1CCC(C)CC1)C2=O. The Bertz CT molecular complexity index is 811. The third-order valence-electron chi connectivity index (χ3n) is 5.53. The van der Waals surface area contributed by atoms with Gasteiger partial charge in [0, 0.05) is 6.04 Å². The molecular formula is C21H26N2O5. The molecule has 1 aliphatic heterocycles. The third kappa shape index (κ3) is 4.08. The Morgan fingerprint density at radius 3 is 2.46 bits per heavy atom. The van der Waals surface area contributed by atoms with Gasteiger partial charge in [0.1, 0.15) is 6.04 Å². The largest absolute Gasteiger partial charge is 0.454 e. The number of amides is 3. The second-order valence-corrected chi connectivity index (χ2v) is 7.84. The number of hydrogen-bond acceptors (Lipinski definition) is 5. The van der Waals surface area contributed by atoms with Gasteiger partial charge >= 0.3 is 5.97 Å².